The molecule has 0 bridgehead atoms. The predicted octanol–water partition coefficient (Wildman–Crippen LogP) is 7.02. The van der Waals surface area contributed by atoms with E-state index in [0.29, 0.717) is 12.3 Å². The summed E-state index contributed by atoms with van der Waals surface area (Å²) in [4.78, 5) is 12.5. The number of hydrogen-bond acceptors (Lipinski definition) is 3. The van der Waals surface area contributed by atoms with Crippen LogP contribution in [0.3, 0.4) is 0 Å². The van der Waals surface area contributed by atoms with Crippen LogP contribution in [0.1, 0.15) is 103 Å². The summed E-state index contributed by atoms with van der Waals surface area (Å²) in [5.74, 6) is 0.750. The number of esters is 1. The first-order chi connectivity index (χ1) is 13.6. The maximum atomic E-state index is 12.8. The quantitative estimate of drug-likeness (QED) is 0.228. The van der Waals surface area contributed by atoms with E-state index < -0.39 is 5.83 Å². The van der Waals surface area contributed by atoms with Crippen molar-refractivity contribution in [2.75, 3.05) is 0 Å². The number of allylic oxidation sites excluding steroid dienone is 2. The fourth-order valence-corrected chi connectivity index (χ4v) is 4.84. The highest BCUT2D eigenvalue weighted by Crippen LogP contribution is 2.34. The van der Waals surface area contributed by atoms with Gasteiger partial charge < -0.3 is 4.74 Å². The Morgan fingerprint density at radius 1 is 1.00 bits per heavy atom. The average Bonchev–Trinajstić information content (AvgIpc) is 2.72. The highest BCUT2D eigenvalue weighted by molar-refractivity contribution is 5.72. The molecule has 0 heterocycles. The van der Waals surface area contributed by atoms with Gasteiger partial charge in [0, 0.05) is 0 Å². The standard InChI is InChI=1S/C24H38FNO2/c1-2-3-4-5-7-19-12-16-23(17-13-19)28-24(27)21-14-10-20(11-15-21)8-6-9-22(25)18-26/h9,19-21,23H,2-8,10-17H2,1H3/b22-9+. The lowest BCUT2D eigenvalue weighted by molar-refractivity contribution is -0.157. The van der Waals surface area contributed by atoms with Crippen molar-refractivity contribution in [3.8, 4) is 6.07 Å². The molecule has 0 radical (unpaired) electrons. The Morgan fingerprint density at radius 3 is 2.29 bits per heavy atom. The number of carbonyl (C=O) groups excluding carboxylic acids is 1. The summed E-state index contributed by atoms with van der Waals surface area (Å²) in [6.07, 6.45) is 18.0. The highest BCUT2D eigenvalue weighted by Gasteiger charge is 2.30. The molecule has 0 aliphatic heterocycles. The Labute approximate surface area is 170 Å². The summed E-state index contributed by atoms with van der Waals surface area (Å²) in [6, 6.07) is 1.51. The van der Waals surface area contributed by atoms with Gasteiger partial charge in [-0.25, -0.2) is 0 Å². The molecule has 0 spiro atoms. The van der Waals surface area contributed by atoms with E-state index in [-0.39, 0.29) is 18.0 Å². The van der Waals surface area contributed by atoms with Crippen LogP contribution < -0.4 is 0 Å². The zero-order valence-electron chi connectivity index (χ0n) is 17.6. The monoisotopic (exact) mass is 391 g/mol. The summed E-state index contributed by atoms with van der Waals surface area (Å²) in [5.41, 5.74) is 0. The van der Waals surface area contributed by atoms with Crippen LogP contribution in [0.15, 0.2) is 11.9 Å². The molecule has 28 heavy (non-hydrogen) atoms. The molecule has 2 saturated carbocycles. The zero-order chi connectivity index (χ0) is 20.2. The van der Waals surface area contributed by atoms with Gasteiger partial charge in [0.2, 0.25) is 0 Å². The first kappa shape index (κ1) is 22.9. The molecule has 3 nitrogen and oxygen atoms in total. The largest absolute Gasteiger partial charge is 0.462 e. The molecule has 0 N–H and O–H groups in total. The second-order valence-corrected chi connectivity index (χ2v) is 8.89. The second-order valence-electron chi connectivity index (χ2n) is 8.89. The van der Waals surface area contributed by atoms with Crippen LogP contribution in [-0.4, -0.2) is 12.1 Å². The molecular formula is C24H38FNO2. The van der Waals surface area contributed by atoms with Gasteiger partial charge in [0.1, 0.15) is 12.2 Å². The van der Waals surface area contributed by atoms with Crippen molar-refractivity contribution in [2.45, 2.75) is 109 Å². The van der Waals surface area contributed by atoms with Crippen LogP contribution in [0.2, 0.25) is 0 Å². The van der Waals surface area contributed by atoms with Gasteiger partial charge in [0.25, 0.3) is 0 Å². The van der Waals surface area contributed by atoms with Gasteiger partial charge in [-0.2, -0.15) is 9.65 Å². The molecule has 0 amide bonds. The molecule has 0 aromatic heterocycles. The molecular weight excluding hydrogens is 353 g/mol. The molecule has 0 aromatic rings. The molecule has 0 aromatic carbocycles. The Bertz CT molecular complexity index is 523. The van der Waals surface area contributed by atoms with Crippen LogP contribution in [0.25, 0.3) is 0 Å². The van der Waals surface area contributed by atoms with E-state index in [1.54, 1.807) is 0 Å². The van der Waals surface area contributed by atoms with E-state index in [0.717, 1.165) is 50.9 Å². The Hall–Kier alpha value is -1.37. The highest BCUT2D eigenvalue weighted by atomic mass is 19.1. The first-order valence-electron chi connectivity index (χ1n) is 11.6. The van der Waals surface area contributed by atoms with Crippen molar-refractivity contribution in [3.63, 3.8) is 0 Å². The minimum Gasteiger partial charge on any atom is -0.462 e. The first-order valence-corrected chi connectivity index (χ1v) is 11.6. The molecule has 2 aliphatic carbocycles. The molecule has 4 heteroatoms. The van der Waals surface area contributed by atoms with Crippen LogP contribution in [0.4, 0.5) is 4.39 Å². The average molecular weight is 392 g/mol. The van der Waals surface area contributed by atoms with E-state index in [1.807, 2.05) is 0 Å². The van der Waals surface area contributed by atoms with Crippen molar-refractivity contribution in [2.24, 2.45) is 17.8 Å². The number of ether oxygens (including phenoxy) is 1. The molecule has 0 saturated heterocycles. The molecule has 2 rings (SSSR count). The Balaban J connectivity index is 1.58. The van der Waals surface area contributed by atoms with Crippen LogP contribution in [0.5, 0.6) is 0 Å². The van der Waals surface area contributed by atoms with Crippen LogP contribution in [0, 0.1) is 29.1 Å². The number of nitriles is 1. The van der Waals surface area contributed by atoms with Gasteiger partial charge in [-0.3, -0.25) is 4.79 Å². The third kappa shape index (κ3) is 8.33. The van der Waals surface area contributed by atoms with Crippen molar-refractivity contribution in [1.82, 2.24) is 0 Å². The molecule has 2 aliphatic rings. The lowest BCUT2D eigenvalue weighted by Gasteiger charge is -2.31. The number of nitrogens with zero attached hydrogens (tertiary/aromatic N) is 1. The van der Waals surface area contributed by atoms with Gasteiger partial charge in [0.05, 0.1) is 5.92 Å². The molecule has 158 valence electrons. The molecule has 0 atom stereocenters. The Kier molecular flexibility index (Phi) is 10.6. The second kappa shape index (κ2) is 13.0. The zero-order valence-corrected chi connectivity index (χ0v) is 17.6. The van der Waals surface area contributed by atoms with Gasteiger partial charge in [-0.05, 0) is 82.1 Å². The van der Waals surface area contributed by atoms with Gasteiger partial charge >= 0.3 is 5.97 Å². The smallest absolute Gasteiger partial charge is 0.309 e. The predicted molar refractivity (Wildman–Crippen MR) is 110 cm³/mol. The lowest BCUT2D eigenvalue weighted by atomic mass is 9.80. The van der Waals surface area contributed by atoms with Crippen molar-refractivity contribution in [1.29, 1.82) is 5.26 Å². The normalized spacial score (nSPS) is 28.5. The fraction of sp³-hybridized carbons (Fsp3) is 0.833. The van der Waals surface area contributed by atoms with Gasteiger partial charge in [0.15, 0.2) is 5.83 Å². The van der Waals surface area contributed by atoms with E-state index in [4.69, 9.17) is 10.00 Å². The fourth-order valence-electron chi connectivity index (χ4n) is 4.84. The number of unbranched alkanes of at least 4 members (excludes halogenated alkanes) is 3. The van der Waals surface area contributed by atoms with E-state index in [9.17, 15) is 9.18 Å². The maximum absolute atomic E-state index is 12.8. The summed E-state index contributed by atoms with van der Waals surface area (Å²) < 4.78 is 18.7. The third-order valence-electron chi connectivity index (χ3n) is 6.73. The summed E-state index contributed by atoms with van der Waals surface area (Å²) in [5, 5.41) is 8.43. The summed E-state index contributed by atoms with van der Waals surface area (Å²) in [6.45, 7) is 2.25. The minimum absolute atomic E-state index is 0.0141. The van der Waals surface area contributed by atoms with Crippen molar-refractivity contribution < 1.29 is 13.9 Å². The van der Waals surface area contributed by atoms with Crippen molar-refractivity contribution in [3.05, 3.63) is 11.9 Å². The lowest BCUT2D eigenvalue weighted by Crippen LogP contribution is -2.30. The number of carbonyl (C=O) groups is 1. The number of rotatable bonds is 10. The number of hydrogen-bond donors (Lipinski definition) is 0. The molecule has 0 unspecified atom stereocenters. The third-order valence-corrected chi connectivity index (χ3v) is 6.73. The van der Waals surface area contributed by atoms with E-state index >= 15 is 0 Å². The molecule has 2 fully saturated rings. The summed E-state index contributed by atoms with van der Waals surface area (Å²) in [7, 11) is 0. The topological polar surface area (TPSA) is 50.1 Å². The van der Waals surface area contributed by atoms with Crippen molar-refractivity contribution >= 4 is 5.97 Å². The van der Waals surface area contributed by atoms with Crippen LogP contribution >= 0.6 is 0 Å². The van der Waals surface area contributed by atoms with Gasteiger partial charge in [-0.1, -0.05) is 39.0 Å². The van der Waals surface area contributed by atoms with Gasteiger partial charge in [-0.15, -0.1) is 0 Å². The summed E-state index contributed by atoms with van der Waals surface area (Å²) >= 11 is 0. The van der Waals surface area contributed by atoms with E-state index in [2.05, 4.69) is 6.92 Å². The van der Waals surface area contributed by atoms with E-state index in [1.165, 1.54) is 57.1 Å². The SMILES string of the molecule is CCCCCCC1CCC(OC(=O)C2CCC(CC/C=C(/F)C#N)CC2)CC1. The maximum Gasteiger partial charge on any atom is 0.309 e. The number of halogens is 1. The van der Waals surface area contributed by atoms with Crippen LogP contribution in [-0.2, 0) is 9.53 Å². The Morgan fingerprint density at radius 2 is 1.64 bits per heavy atom. The minimum atomic E-state index is -0.687.